The summed E-state index contributed by atoms with van der Waals surface area (Å²) in [6.45, 7) is -0.0630. The van der Waals surface area contributed by atoms with Crippen molar-refractivity contribution >= 4 is 21.6 Å². The van der Waals surface area contributed by atoms with Crippen LogP contribution in [0.4, 0.5) is 0 Å². The van der Waals surface area contributed by atoms with Crippen LogP contribution in [0, 0.1) is 0 Å². The summed E-state index contributed by atoms with van der Waals surface area (Å²) in [4.78, 5) is 26.3. The Balaban J connectivity index is 1.87. The van der Waals surface area contributed by atoms with Gasteiger partial charge in [0.25, 0.3) is 0 Å². The van der Waals surface area contributed by atoms with Crippen molar-refractivity contribution < 1.29 is 18.0 Å². The van der Waals surface area contributed by atoms with Crippen LogP contribution in [0.25, 0.3) is 0 Å². The molecule has 0 bridgehead atoms. The largest absolute Gasteiger partial charge is 0.292 e. The van der Waals surface area contributed by atoms with Gasteiger partial charge >= 0.3 is 0 Å². The Bertz CT molecular complexity index is 1140. The summed E-state index contributed by atoms with van der Waals surface area (Å²) in [5.41, 5.74) is 1.05. The van der Waals surface area contributed by atoms with Gasteiger partial charge in [-0.05, 0) is 17.7 Å². The van der Waals surface area contributed by atoms with E-state index in [0.29, 0.717) is 11.1 Å². The predicted molar refractivity (Wildman–Crippen MR) is 105 cm³/mol. The number of Topliss-reactive ketones (excluding diaryl/α,β-unsaturated/α-hetero) is 2. The van der Waals surface area contributed by atoms with E-state index >= 15 is 0 Å². The second-order valence-electron chi connectivity index (χ2n) is 6.53. The highest BCUT2D eigenvalue weighted by molar-refractivity contribution is 7.89. The second kappa shape index (κ2) is 7.14. The van der Waals surface area contributed by atoms with Crippen molar-refractivity contribution in [2.45, 2.75) is 17.5 Å². The summed E-state index contributed by atoms with van der Waals surface area (Å²) in [5.74, 6) is -1.03. The third-order valence-corrected chi connectivity index (χ3v) is 6.63. The number of carbonyl (C=O) groups is 2. The van der Waals surface area contributed by atoms with Gasteiger partial charge in [0.15, 0.2) is 17.6 Å². The molecule has 6 heteroatoms. The van der Waals surface area contributed by atoms with Crippen LogP contribution in [0.15, 0.2) is 89.8 Å². The number of fused-ring (bicyclic) bond motifs is 1. The monoisotopic (exact) mass is 391 g/mol. The van der Waals surface area contributed by atoms with Crippen molar-refractivity contribution in [2.24, 2.45) is 0 Å². The normalized spacial score (nSPS) is 18.4. The quantitative estimate of drug-likeness (QED) is 0.505. The lowest BCUT2D eigenvalue weighted by Crippen LogP contribution is -2.52. The summed E-state index contributed by atoms with van der Waals surface area (Å²) in [6.07, 6.45) is 0. The zero-order valence-electron chi connectivity index (χ0n) is 14.9. The van der Waals surface area contributed by atoms with Gasteiger partial charge in [0.05, 0.1) is 4.90 Å². The molecule has 140 valence electrons. The molecule has 1 heterocycles. The van der Waals surface area contributed by atoms with Gasteiger partial charge in [-0.25, -0.2) is 8.42 Å². The van der Waals surface area contributed by atoms with E-state index in [1.807, 2.05) is 6.07 Å². The van der Waals surface area contributed by atoms with Crippen LogP contribution < -0.4 is 0 Å². The van der Waals surface area contributed by atoms with Gasteiger partial charge in [-0.1, -0.05) is 72.8 Å². The molecule has 28 heavy (non-hydrogen) atoms. The Morgan fingerprint density at radius 3 is 2.07 bits per heavy atom. The fraction of sp³-hybridized carbons (Fsp3) is 0.0909. The van der Waals surface area contributed by atoms with Crippen molar-refractivity contribution in [3.05, 3.63) is 102 Å². The van der Waals surface area contributed by atoms with Gasteiger partial charge in [-0.2, -0.15) is 4.31 Å². The first-order chi connectivity index (χ1) is 13.5. The molecule has 0 saturated carbocycles. The highest BCUT2D eigenvalue weighted by atomic mass is 32.2. The summed E-state index contributed by atoms with van der Waals surface area (Å²) in [5, 5.41) is 0. The maximum absolute atomic E-state index is 13.3. The predicted octanol–water partition coefficient (Wildman–Crippen LogP) is 3.33. The van der Waals surface area contributed by atoms with Crippen molar-refractivity contribution in [2.75, 3.05) is 0 Å². The highest BCUT2D eigenvalue weighted by Crippen LogP contribution is 2.32. The highest BCUT2D eigenvalue weighted by Gasteiger charge is 2.47. The molecule has 0 aromatic heterocycles. The summed E-state index contributed by atoms with van der Waals surface area (Å²) >= 11 is 0. The average Bonchev–Trinajstić information content (AvgIpc) is 2.73. The van der Waals surface area contributed by atoms with Gasteiger partial charge in [0, 0.05) is 17.7 Å². The first-order valence-corrected chi connectivity index (χ1v) is 10.2. The minimum absolute atomic E-state index is 0.0566. The van der Waals surface area contributed by atoms with Gasteiger partial charge in [0.2, 0.25) is 10.0 Å². The maximum Gasteiger partial charge on any atom is 0.245 e. The van der Waals surface area contributed by atoms with Crippen LogP contribution in [0.5, 0.6) is 0 Å². The number of sulfonamides is 1. The first kappa shape index (κ1) is 18.3. The summed E-state index contributed by atoms with van der Waals surface area (Å²) < 4.78 is 27.7. The Morgan fingerprint density at radius 2 is 1.39 bits per heavy atom. The minimum Gasteiger partial charge on any atom is -0.292 e. The van der Waals surface area contributed by atoms with Gasteiger partial charge in [-0.15, -0.1) is 0 Å². The number of hydrogen-bond donors (Lipinski definition) is 0. The number of ketones is 2. The standard InChI is InChI=1S/C22H17NO4S/c24-21(17-11-5-2-6-12-17)20-22(25)18-13-7-8-14-19(18)28(26,27)23(20)15-16-9-3-1-4-10-16/h1-14,20H,15H2/t20-/m0/s1. The molecular formula is C22H17NO4S. The lowest BCUT2D eigenvalue weighted by molar-refractivity contribution is 0.0763. The first-order valence-electron chi connectivity index (χ1n) is 8.78. The van der Waals surface area contributed by atoms with E-state index in [9.17, 15) is 18.0 Å². The molecule has 0 fully saturated rings. The molecule has 1 aliphatic rings. The lowest BCUT2D eigenvalue weighted by Gasteiger charge is -2.34. The van der Waals surface area contributed by atoms with E-state index in [1.54, 1.807) is 66.7 Å². The van der Waals surface area contributed by atoms with Gasteiger partial charge < -0.3 is 0 Å². The molecule has 1 aliphatic heterocycles. The van der Waals surface area contributed by atoms with E-state index in [4.69, 9.17) is 0 Å². The molecule has 5 nitrogen and oxygen atoms in total. The SMILES string of the molecule is O=C(c1ccccc1)[C@H]1C(=O)c2ccccc2S(=O)(=O)N1Cc1ccccc1. The number of rotatable bonds is 4. The molecule has 0 N–H and O–H groups in total. The van der Waals surface area contributed by atoms with E-state index in [2.05, 4.69) is 0 Å². The molecule has 3 aromatic rings. The average molecular weight is 391 g/mol. The fourth-order valence-corrected chi connectivity index (χ4v) is 5.13. The van der Waals surface area contributed by atoms with Crippen LogP contribution >= 0.6 is 0 Å². The Morgan fingerprint density at radius 1 is 0.821 bits per heavy atom. The maximum atomic E-state index is 13.3. The summed E-state index contributed by atoms with van der Waals surface area (Å²) in [6, 6.07) is 21.8. The molecular weight excluding hydrogens is 374 g/mol. The smallest absolute Gasteiger partial charge is 0.245 e. The van der Waals surface area contributed by atoms with Crippen molar-refractivity contribution in [3.8, 4) is 0 Å². The van der Waals surface area contributed by atoms with Crippen LogP contribution in [0.3, 0.4) is 0 Å². The van der Waals surface area contributed by atoms with Crippen LogP contribution in [0.1, 0.15) is 26.3 Å². The van der Waals surface area contributed by atoms with E-state index in [-0.39, 0.29) is 17.0 Å². The number of carbonyl (C=O) groups excluding carboxylic acids is 2. The summed E-state index contributed by atoms with van der Waals surface area (Å²) in [7, 11) is -4.02. The molecule has 1 atom stereocenters. The molecule has 0 aliphatic carbocycles. The molecule has 0 unspecified atom stereocenters. The van der Waals surface area contributed by atoms with Crippen molar-refractivity contribution in [3.63, 3.8) is 0 Å². The third-order valence-electron chi connectivity index (χ3n) is 4.76. The van der Waals surface area contributed by atoms with Crippen molar-refractivity contribution in [1.29, 1.82) is 0 Å². The van der Waals surface area contributed by atoms with Crippen LogP contribution in [-0.2, 0) is 16.6 Å². The molecule has 4 rings (SSSR count). The number of hydrogen-bond acceptors (Lipinski definition) is 4. The molecule has 0 spiro atoms. The van der Waals surface area contributed by atoms with E-state index < -0.39 is 27.6 Å². The van der Waals surface area contributed by atoms with E-state index in [1.165, 1.54) is 12.1 Å². The Kier molecular flexibility index (Phi) is 4.66. The number of nitrogens with zero attached hydrogens (tertiary/aromatic N) is 1. The Hall–Kier alpha value is -3.09. The Labute approximate surface area is 163 Å². The zero-order chi connectivity index (χ0) is 19.7. The molecule has 0 radical (unpaired) electrons. The lowest BCUT2D eigenvalue weighted by atomic mass is 9.95. The third kappa shape index (κ3) is 3.06. The molecule has 0 amide bonds. The molecule has 3 aromatic carbocycles. The zero-order valence-corrected chi connectivity index (χ0v) is 15.7. The van der Waals surface area contributed by atoms with Gasteiger partial charge in [0.1, 0.15) is 0 Å². The van der Waals surface area contributed by atoms with Crippen molar-refractivity contribution in [1.82, 2.24) is 4.31 Å². The van der Waals surface area contributed by atoms with Gasteiger partial charge in [-0.3, -0.25) is 9.59 Å². The topological polar surface area (TPSA) is 71.5 Å². The van der Waals surface area contributed by atoms with E-state index in [0.717, 1.165) is 4.31 Å². The number of benzene rings is 3. The second-order valence-corrected chi connectivity index (χ2v) is 8.39. The fourth-order valence-electron chi connectivity index (χ4n) is 3.39. The van der Waals surface area contributed by atoms with Crippen LogP contribution in [0.2, 0.25) is 0 Å². The van der Waals surface area contributed by atoms with Crippen LogP contribution in [-0.4, -0.2) is 30.3 Å². The molecule has 0 saturated heterocycles. The minimum atomic E-state index is -4.02.